The molecule has 1 aliphatic heterocycles. The molecule has 0 aromatic rings. The molecule has 0 atom stereocenters. The van der Waals surface area contributed by atoms with E-state index in [1.165, 1.54) is 0 Å². The Labute approximate surface area is 73.1 Å². The summed E-state index contributed by atoms with van der Waals surface area (Å²) in [5, 5.41) is 1.01. The summed E-state index contributed by atoms with van der Waals surface area (Å²) in [6, 6.07) is 0. The van der Waals surface area contributed by atoms with Crippen LogP contribution in [0.15, 0.2) is 9.93 Å². The molecule has 2 nitrogen and oxygen atoms in total. The molecule has 2 N–H and O–H groups in total. The molecule has 1 saturated heterocycles. The summed E-state index contributed by atoms with van der Waals surface area (Å²) in [6.07, 6.45) is 0. The summed E-state index contributed by atoms with van der Waals surface area (Å²) < 4.78 is 0.975. The van der Waals surface area contributed by atoms with Crippen LogP contribution in [0.25, 0.3) is 4.85 Å². The van der Waals surface area contributed by atoms with E-state index in [1.54, 1.807) is 23.5 Å². The van der Waals surface area contributed by atoms with Crippen molar-refractivity contribution >= 4 is 40.7 Å². The average molecular weight is 188 g/mol. The number of hydrogen-bond acceptors (Lipinski definition) is 3. The minimum atomic E-state index is 0.213. The molecule has 0 spiro atoms. The maximum atomic E-state index is 6.73. The minimum absolute atomic E-state index is 0.213. The Kier molecular flexibility index (Phi) is 2.60. The van der Waals surface area contributed by atoms with Gasteiger partial charge in [0.15, 0.2) is 0 Å². The SMILES string of the molecule is [C-]#[N+]C(C(N)=S)=C1SCS1. The summed E-state index contributed by atoms with van der Waals surface area (Å²) in [6.45, 7) is 6.73. The van der Waals surface area contributed by atoms with Crippen LogP contribution in [0.4, 0.5) is 0 Å². The van der Waals surface area contributed by atoms with E-state index in [9.17, 15) is 0 Å². The molecule has 5 heteroatoms. The van der Waals surface area contributed by atoms with E-state index in [4.69, 9.17) is 12.3 Å². The monoisotopic (exact) mass is 188 g/mol. The first-order valence-corrected chi connectivity index (χ1v) is 4.81. The molecule has 1 heterocycles. The molecule has 0 radical (unpaired) electrons. The second-order valence-electron chi connectivity index (χ2n) is 1.52. The van der Waals surface area contributed by atoms with Crippen LogP contribution in [0.5, 0.6) is 0 Å². The van der Waals surface area contributed by atoms with Crippen molar-refractivity contribution in [2.24, 2.45) is 5.73 Å². The molecular weight excluding hydrogens is 184 g/mol. The highest BCUT2D eigenvalue weighted by Crippen LogP contribution is 2.45. The summed E-state index contributed by atoms with van der Waals surface area (Å²) in [7, 11) is 0. The normalized spacial score (nSPS) is 15.3. The molecule has 1 aliphatic rings. The van der Waals surface area contributed by atoms with Gasteiger partial charge in [0.2, 0.25) is 5.70 Å². The molecular formula is C5H4N2S3. The molecule has 52 valence electrons. The molecule has 0 bridgehead atoms. The maximum Gasteiger partial charge on any atom is 0.239 e. The lowest BCUT2D eigenvalue weighted by atomic mass is 10.5. The number of nitrogens with two attached hydrogens (primary N) is 1. The fraction of sp³-hybridized carbons (Fsp3) is 0.200. The van der Waals surface area contributed by atoms with Crippen molar-refractivity contribution < 1.29 is 0 Å². The third kappa shape index (κ3) is 1.45. The second-order valence-corrected chi connectivity index (χ2v) is 4.55. The Morgan fingerprint density at radius 1 is 1.70 bits per heavy atom. The van der Waals surface area contributed by atoms with Gasteiger partial charge in [-0.2, -0.15) is 0 Å². The van der Waals surface area contributed by atoms with Crippen molar-refractivity contribution in [3.05, 3.63) is 21.4 Å². The zero-order valence-corrected chi connectivity index (χ0v) is 7.41. The fourth-order valence-electron chi connectivity index (χ4n) is 0.456. The van der Waals surface area contributed by atoms with Gasteiger partial charge in [-0.25, -0.2) is 4.85 Å². The van der Waals surface area contributed by atoms with Crippen molar-refractivity contribution in [3.8, 4) is 0 Å². The summed E-state index contributed by atoms with van der Waals surface area (Å²) in [4.78, 5) is 3.44. The van der Waals surface area contributed by atoms with Gasteiger partial charge in [0.1, 0.15) is 4.99 Å². The second kappa shape index (κ2) is 3.28. The highest BCUT2D eigenvalue weighted by Gasteiger charge is 2.17. The quantitative estimate of drug-likeness (QED) is 0.386. The number of hydrogen-bond donors (Lipinski definition) is 1. The third-order valence-corrected chi connectivity index (χ3v) is 3.67. The summed E-state index contributed by atoms with van der Waals surface area (Å²) in [5.41, 5.74) is 5.75. The average Bonchev–Trinajstić information content (AvgIpc) is 1.76. The molecule has 0 unspecified atom stereocenters. The first-order chi connectivity index (χ1) is 4.75. The Balaban J connectivity index is 2.84. The first kappa shape index (κ1) is 7.92. The van der Waals surface area contributed by atoms with Crippen molar-refractivity contribution in [3.63, 3.8) is 0 Å². The Morgan fingerprint density at radius 3 is 2.40 bits per heavy atom. The highest BCUT2D eigenvalue weighted by molar-refractivity contribution is 8.37. The Hall–Kier alpha value is -0.180. The minimum Gasteiger partial charge on any atom is -0.399 e. The lowest BCUT2D eigenvalue weighted by molar-refractivity contribution is 1.71. The Morgan fingerprint density at radius 2 is 2.30 bits per heavy atom. The zero-order valence-electron chi connectivity index (χ0n) is 4.96. The smallest absolute Gasteiger partial charge is 0.239 e. The number of nitrogens with zero attached hydrogens (tertiary/aromatic N) is 1. The van der Waals surface area contributed by atoms with Crippen LogP contribution < -0.4 is 5.73 Å². The summed E-state index contributed by atoms with van der Waals surface area (Å²) in [5.74, 6) is 0. The van der Waals surface area contributed by atoms with E-state index < -0.39 is 0 Å². The van der Waals surface area contributed by atoms with Gasteiger partial charge in [0, 0.05) is 5.08 Å². The van der Waals surface area contributed by atoms with Gasteiger partial charge in [-0.05, 0) is 0 Å². The standard InChI is InChI=1S/C5H4N2S3/c1-7-3(4(6)8)5-9-2-10-5/h2H2,(H2,6,8). The summed E-state index contributed by atoms with van der Waals surface area (Å²) >= 11 is 7.93. The number of thiocarbonyl (C=S) groups is 1. The van der Waals surface area contributed by atoms with Gasteiger partial charge in [0.25, 0.3) is 0 Å². The molecule has 1 rings (SSSR count). The largest absolute Gasteiger partial charge is 0.399 e. The fourth-order valence-corrected chi connectivity index (χ4v) is 2.26. The van der Waals surface area contributed by atoms with E-state index in [1.807, 2.05) is 0 Å². The molecule has 10 heavy (non-hydrogen) atoms. The van der Waals surface area contributed by atoms with Crippen LogP contribution in [-0.2, 0) is 0 Å². The number of rotatable bonds is 1. The highest BCUT2D eigenvalue weighted by atomic mass is 32.3. The predicted molar refractivity (Wildman–Crippen MR) is 50.5 cm³/mol. The lowest BCUT2D eigenvalue weighted by Gasteiger charge is -2.16. The van der Waals surface area contributed by atoms with E-state index in [0.29, 0.717) is 5.70 Å². The van der Waals surface area contributed by atoms with Crippen LogP contribution in [0.3, 0.4) is 0 Å². The van der Waals surface area contributed by atoms with E-state index in [2.05, 4.69) is 17.1 Å². The topological polar surface area (TPSA) is 30.4 Å². The van der Waals surface area contributed by atoms with Gasteiger partial charge in [-0.15, -0.1) is 23.5 Å². The van der Waals surface area contributed by atoms with Gasteiger partial charge in [-0.3, -0.25) is 0 Å². The number of thioether (sulfide) groups is 2. The molecule has 0 aromatic carbocycles. The van der Waals surface area contributed by atoms with Crippen molar-refractivity contribution in [1.29, 1.82) is 0 Å². The van der Waals surface area contributed by atoms with Gasteiger partial charge in [0.05, 0.1) is 10.8 Å². The predicted octanol–water partition coefficient (Wildman–Crippen LogP) is 1.80. The van der Waals surface area contributed by atoms with Gasteiger partial charge < -0.3 is 5.73 Å². The molecule has 0 aliphatic carbocycles. The first-order valence-electron chi connectivity index (χ1n) is 2.43. The van der Waals surface area contributed by atoms with Crippen LogP contribution in [-0.4, -0.2) is 10.1 Å². The van der Waals surface area contributed by atoms with Gasteiger partial charge >= 0.3 is 0 Å². The van der Waals surface area contributed by atoms with Crippen molar-refractivity contribution in [2.45, 2.75) is 0 Å². The van der Waals surface area contributed by atoms with Crippen LogP contribution in [0.1, 0.15) is 0 Å². The van der Waals surface area contributed by atoms with Crippen molar-refractivity contribution in [1.82, 2.24) is 0 Å². The molecule has 0 saturated carbocycles. The van der Waals surface area contributed by atoms with Crippen molar-refractivity contribution in [2.75, 3.05) is 5.08 Å². The molecule has 1 fully saturated rings. The molecule has 0 amide bonds. The van der Waals surface area contributed by atoms with Crippen LogP contribution in [0, 0.1) is 6.57 Å². The maximum absolute atomic E-state index is 6.73. The Bertz CT molecular complexity index is 232. The zero-order chi connectivity index (χ0) is 7.56. The third-order valence-electron chi connectivity index (χ3n) is 0.919. The van der Waals surface area contributed by atoms with E-state index in [-0.39, 0.29) is 4.99 Å². The van der Waals surface area contributed by atoms with E-state index >= 15 is 0 Å². The van der Waals surface area contributed by atoms with Crippen LogP contribution in [0.2, 0.25) is 0 Å². The van der Waals surface area contributed by atoms with Gasteiger partial charge in [-0.1, -0.05) is 12.2 Å². The lowest BCUT2D eigenvalue weighted by Crippen LogP contribution is -2.11. The molecule has 0 aromatic heterocycles. The van der Waals surface area contributed by atoms with Crippen LogP contribution >= 0.6 is 35.7 Å². The van der Waals surface area contributed by atoms with E-state index in [0.717, 1.165) is 9.32 Å².